The van der Waals surface area contributed by atoms with E-state index >= 15 is 0 Å². The van der Waals surface area contributed by atoms with E-state index < -0.39 is 0 Å². The quantitative estimate of drug-likeness (QED) is 0.0441. The molecule has 0 heterocycles. The van der Waals surface area contributed by atoms with Crippen molar-refractivity contribution in [2.75, 3.05) is 141 Å². The van der Waals surface area contributed by atoms with E-state index in [-0.39, 0.29) is 65.1 Å². The first-order valence-electron chi connectivity index (χ1n) is 29.0. The minimum atomic E-state index is -0.351. The Balaban J connectivity index is 0.000000521. The van der Waals surface area contributed by atoms with Crippen molar-refractivity contribution in [2.45, 2.75) is 184 Å². The van der Waals surface area contributed by atoms with E-state index in [0.717, 1.165) is 117 Å². The van der Waals surface area contributed by atoms with E-state index in [9.17, 15) is 38.4 Å². The van der Waals surface area contributed by atoms with Crippen LogP contribution in [0.2, 0.25) is 0 Å². The molecule has 4 rings (SSSR count). The van der Waals surface area contributed by atoms with Gasteiger partial charge < -0.3 is 40.0 Å². The molecule has 0 atom stereocenters. The van der Waals surface area contributed by atoms with Crippen LogP contribution in [0.1, 0.15) is 185 Å². The highest BCUT2D eigenvalue weighted by Crippen LogP contribution is 2.30. The molecule has 0 saturated heterocycles. The lowest BCUT2D eigenvalue weighted by molar-refractivity contribution is 0.274. The van der Waals surface area contributed by atoms with Crippen LogP contribution in [0.15, 0.2) is 38.4 Å². The second kappa shape index (κ2) is 32.0. The summed E-state index contributed by atoms with van der Waals surface area (Å²) in [6, 6.07) is 0. The van der Waals surface area contributed by atoms with Gasteiger partial charge in [0.1, 0.15) is 0 Å². The van der Waals surface area contributed by atoms with E-state index in [4.69, 9.17) is 0 Å². The zero-order valence-electron chi connectivity index (χ0n) is 53.1. The fraction of sp³-hybridized carbons (Fsp3) is 0.742. The van der Waals surface area contributed by atoms with Gasteiger partial charge in [0.2, 0.25) is 43.4 Å². The molecular formula is C62H108N8O8. The molecule has 4 aromatic rings. The van der Waals surface area contributed by atoms with Gasteiger partial charge in [0.25, 0.3) is 0 Å². The van der Waals surface area contributed by atoms with Gasteiger partial charge in [0.15, 0.2) is 0 Å². The van der Waals surface area contributed by atoms with Crippen LogP contribution in [0.4, 0.5) is 22.7 Å². The largest absolute Gasteiger partial charge is 0.381 e. The molecule has 0 spiro atoms. The summed E-state index contributed by atoms with van der Waals surface area (Å²) in [7, 11) is 9.92. The zero-order valence-corrected chi connectivity index (χ0v) is 53.1. The van der Waals surface area contributed by atoms with Gasteiger partial charge in [0, 0.05) is 62.5 Å². The molecule has 16 heteroatoms. The Bertz CT molecular complexity index is 2710. The standard InChI is InChI=1S/C17H30N2O2.C16H28N2O2.C15H26N2O2.C14H24N2O2/c1-6-10-19(11-7-2)12-8-9-18-14-13(17(3,4)5)15(20)16(14)21;1-6-10-18(7-2)11-8-9-17-13-12(16(3,4)5)14(19)15(13)20;1-7-16(5)9-8-10-17(6)12-11(15(2,3)4)13(18)14(12)19;1-14(2,3)10-11(13(18)12(10)17)16(6)9-7-8-15(4)5/h18H,6-12H2,1-5H3;17H,6-11H2,1-5H3;7-10H2,1-6H3;7-9H2,1-6H3. The summed E-state index contributed by atoms with van der Waals surface area (Å²) in [5.41, 5.74) is 1.38. The molecule has 78 heavy (non-hydrogen) atoms. The van der Waals surface area contributed by atoms with Crippen molar-refractivity contribution < 1.29 is 0 Å². The third kappa shape index (κ3) is 20.8. The van der Waals surface area contributed by atoms with Crippen molar-refractivity contribution in [2.24, 2.45) is 0 Å². The summed E-state index contributed by atoms with van der Waals surface area (Å²) < 4.78 is 0. The van der Waals surface area contributed by atoms with Crippen LogP contribution in [0.5, 0.6) is 0 Å². The molecule has 0 saturated carbocycles. The van der Waals surface area contributed by atoms with Gasteiger partial charge in [-0.05, 0) is 147 Å². The van der Waals surface area contributed by atoms with Gasteiger partial charge in [-0.25, -0.2) is 0 Å². The third-order valence-corrected chi connectivity index (χ3v) is 14.0. The molecule has 0 aliphatic rings. The Labute approximate surface area is 469 Å². The van der Waals surface area contributed by atoms with Crippen LogP contribution in [0, 0.1) is 0 Å². The van der Waals surface area contributed by atoms with E-state index in [2.05, 4.69) is 71.9 Å². The first-order chi connectivity index (χ1) is 36.0. The highest BCUT2D eigenvalue weighted by Gasteiger charge is 2.34. The number of nitrogens with one attached hydrogen (secondary N) is 2. The Hall–Kier alpha value is -4.64. The molecule has 16 nitrogen and oxygen atoms in total. The lowest BCUT2D eigenvalue weighted by Crippen LogP contribution is -2.46. The number of nitrogens with zero attached hydrogens (tertiary/aromatic N) is 6. The minimum Gasteiger partial charge on any atom is -0.381 e. The van der Waals surface area contributed by atoms with Gasteiger partial charge in [-0.3, -0.25) is 38.4 Å². The molecule has 0 aliphatic heterocycles. The lowest BCUT2D eigenvalue weighted by atomic mass is 9.82. The summed E-state index contributed by atoms with van der Waals surface area (Å²) in [4.78, 5) is 106. The summed E-state index contributed by atoms with van der Waals surface area (Å²) in [6.45, 7) is 47.1. The molecule has 0 radical (unpaired) electrons. The molecule has 2 N–H and O–H groups in total. The van der Waals surface area contributed by atoms with E-state index in [1.807, 2.05) is 121 Å². The minimum absolute atomic E-state index is 0.254. The fourth-order valence-corrected chi connectivity index (χ4v) is 9.76. The zero-order chi connectivity index (χ0) is 60.3. The maximum absolute atomic E-state index is 11.8. The molecule has 0 aliphatic carbocycles. The summed E-state index contributed by atoms with van der Waals surface area (Å²) in [6.07, 6.45) is 7.43. The Morgan fingerprint density at radius 2 is 0.654 bits per heavy atom. The number of anilines is 4. The van der Waals surface area contributed by atoms with E-state index in [1.165, 1.54) is 12.8 Å². The normalized spacial score (nSPS) is 12.3. The van der Waals surface area contributed by atoms with Crippen LogP contribution < -0.4 is 63.9 Å². The first kappa shape index (κ1) is 71.4. The second-order valence-electron chi connectivity index (χ2n) is 25.7. The topological polar surface area (TPSA) is 180 Å². The van der Waals surface area contributed by atoms with Gasteiger partial charge in [0.05, 0.1) is 22.7 Å². The molecule has 0 aromatic heterocycles. The molecule has 444 valence electrons. The van der Waals surface area contributed by atoms with Crippen LogP contribution in [-0.2, 0) is 21.7 Å². The van der Waals surface area contributed by atoms with Crippen LogP contribution >= 0.6 is 0 Å². The predicted molar refractivity (Wildman–Crippen MR) is 333 cm³/mol. The first-order valence-corrected chi connectivity index (χ1v) is 29.0. The van der Waals surface area contributed by atoms with Crippen LogP contribution in [0.25, 0.3) is 0 Å². The third-order valence-electron chi connectivity index (χ3n) is 14.0. The summed E-state index contributed by atoms with van der Waals surface area (Å²) in [5, 5.41) is 6.34. The Kier molecular flexibility index (Phi) is 29.3. The average Bonchev–Trinajstić information content (AvgIpc) is 3.33. The number of hydrogen-bond donors (Lipinski definition) is 2. The highest BCUT2D eigenvalue weighted by atomic mass is 16.2. The van der Waals surface area contributed by atoms with Crippen molar-refractivity contribution in [1.29, 1.82) is 0 Å². The van der Waals surface area contributed by atoms with Crippen molar-refractivity contribution in [3.05, 3.63) is 104 Å². The summed E-state index contributed by atoms with van der Waals surface area (Å²) >= 11 is 0. The van der Waals surface area contributed by atoms with Crippen molar-refractivity contribution >= 4 is 22.7 Å². The van der Waals surface area contributed by atoms with Gasteiger partial charge >= 0.3 is 0 Å². The molecule has 0 unspecified atom stereocenters. The molecule has 4 aromatic carbocycles. The monoisotopic (exact) mass is 1090 g/mol. The lowest BCUT2D eigenvalue weighted by Gasteiger charge is -2.29. The van der Waals surface area contributed by atoms with Crippen LogP contribution in [-0.4, -0.2) is 140 Å². The van der Waals surface area contributed by atoms with Crippen LogP contribution in [0.3, 0.4) is 0 Å². The number of hydrogen-bond acceptors (Lipinski definition) is 16. The molecular weight excluding hydrogens is 985 g/mol. The SMILES string of the molecule is CCCN(CC)CCCNc1c(C(C)(C)C)c(=O)c1=O.CCCN(CCC)CCCNc1c(C(C)(C)C)c(=O)c1=O.CCN(C)CCCN(C)c1c(C(C)(C)C)c(=O)c1=O.CN(C)CCCN(C)c1c(C(C)(C)C)c(=O)c1=O. The fourth-order valence-electron chi connectivity index (χ4n) is 9.76. The van der Waals surface area contributed by atoms with E-state index in [1.54, 1.807) is 0 Å². The highest BCUT2D eigenvalue weighted by molar-refractivity contribution is 5.62. The second-order valence-corrected chi connectivity index (χ2v) is 25.7. The molecule has 0 amide bonds. The van der Waals surface area contributed by atoms with Gasteiger partial charge in [-0.2, -0.15) is 0 Å². The van der Waals surface area contributed by atoms with Crippen molar-refractivity contribution in [3.63, 3.8) is 0 Å². The van der Waals surface area contributed by atoms with Gasteiger partial charge in [-0.1, -0.05) is 118 Å². The molecule has 0 fully saturated rings. The van der Waals surface area contributed by atoms with Crippen molar-refractivity contribution in [1.82, 2.24) is 19.6 Å². The summed E-state index contributed by atoms with van der Waals surface area (Å²) in [5.74, 6) is 0. The van der Waals surface area contributed by atoms with E-state index in [0.29, 0.717) is 45.0 Å². The maximum Gasteiger partial charge on any atom is 0.249 e. The Morgan fingerprint density at radius 3 is 0.962 bits per heavy atom. The average molecular weight is 1090 g/mol. The van der Waals surface area contributed by atoms with Gasteiger partial charge in [-0.15, -0.1) is 0 Å². The Morgan fingerprint density at radius 1 is 0.333 bits per heavy atom. The predicted octanol–water partition coefficient (Wildman–Crippen LogP) is 6.94. The number of rotatable bonds is 28. The van der Waals surface area contributed by atoms with Crippen molar-refractivity contribution in [3.8, 4) is 0 Å². The smallest absolute Gasteiger partial charge is 0.249 e. The molecule has 0 bridgehead atoms. The maximum atomic E-state index is 11.8.